The van der Waals surface area contributed by atoms with Gasteiger partial charge in [0, 0.05) is 13.3 Å². The zero-order valence-electron chi connectivity index (χ0n) is 6.86. The summed E-state index contributed by atoms with van der Waals surface area (Å²) in [7, 11) is 1.63. The molecule has 5 nitrogen and oxygen atoms in total. The average molecular weight is 169 g/mol. The second-order valence-electron chi connectivity index (χ2n) is 2.25. The molecule has 0 aliphatic carbocycles. The van der Waals surface area contributed by atoms with Crippen LogP contribution >= 0.6 is 0 Å². The number of rotatable bonds is 5. The molecule has 1 amide bonds. The van der Waals surface area contributed by atoms with Crippen LogP contribution < -0.4 is 5.32 Å². The van der Waals surface area contributed by atoms with Crippen LogP contribution in [0.15, 0.2) is 12.4 Å². The zero-order chi connectivity index (χ0) is 8.81. The number of hydrogen-bond donors (Lipinski definition) is 1. The van der Waals surface area contributed by atoms with Crippen LogP contribution in [0.2, 0.25) is 0 Å². The number of carbonyl (C=O) groups excluding carboxylic acids is 1. The van der Waals surface area contributed by atoms with Gasteiger partial charge in [0.2, 0.25) is 6.41 Å². The van der Waals surface area contributed by atoms with Crippen molar-refractivity contribution in [2.24, 2.45) is 0 Å². The van der Waals surface area contributed by atoms with Gasteiger partial charge in [-0.25, -0.2) is 0 Å². The lowest BCUT2D eigenvalue weighted by Crippen LogP contribution is -2.04. The molecule has 1 heterocycles. The molecule has 1 aromatic heterocycles. The highest BCUT2D eigenvalue weighted by Crippen LogP contribution is 2.02. The Morgan fingerprint density at radius 1 is 1.83 bits per heavy atom. The highest BCUT2D eigenvalue weighted by Gasteiger charge is 1.95. The van der Waals surface area contributed by atoms with Crippen molar-refractivity contribution < 1.29 is 9.53 Å². The second-order valence-corrected chi connectivity index (χ2v) is 2.25. The van der Waals surface area contributed by atoms with Crippen molar-refractivity contribution in [3.05, 3.63) is 12.4 Å². The minimum atomic E-state index is 0.613. The molecule has 5 heteroatoms. The number of carbonyl (C=O) groups is 1. The molecule has 0 unspecified atom stereocenters. The quantitative estimate of drug-likeness (QED) is 0.636. The van der Waals surface area contributed by atoms with Crippen LogP contribution in [-0.4, -0.2) is 29.9 Å². The van der Waals surface area contributed by atoms with E-state index < -0.39 is 0 Å². The van der Waals surface area contributed by atoms with Gasteiger partial charge in [-0.2, -0.15) is 5.10 Å². The number of aromatic nitrogens is 2. The molecule has 1 N–H and O–H groups in total. The van der Waals surface area contributed by atoms with Gasteiger partial charge in [-0.05, 0) is 0 Å². The Hall–Kier alpha value is -1.36. The minimum absolute atomic E-state index is 0.613. The van der Waals surface area contributed by atoms with E-state index in [4.69, 9.17) is 4.74 Å². The van der Waals surface area contributed by atoms with Gasteiger partial charge >= 0.3 is 0 Å². The monoisotopic (exact) mass is 169 g/mol. The molecule has 0 atom stereocenters. The van der Waals surface area contributed by atoms with Crippen LogP contribution in [-0.2, 0) is 16.1 Å². The van der Waals surface area contributed by atoms with Crippen LogP contribution in [0.5, 0.6) is 0 Å². The number of ether oxygens (including phenoxy) is 1. The maximum absolute atomic E-state index is 10.0. The average Bonchev–Trinajstić information content (AvgIpc) is 2.50. The first-order chi connectivity index (χ1) is 5.86. The first-order valence-electron chi connectivity index (χ1n) is 3.58. The largest absolute Gasteiger partial charge is 0.383 e. The fourth-order valence-corrected chi connectivity index (χ4v) is 0.813. The lowest BCUT2D eigenvalue weighted by Gasteiger charge is -1.97. The van der Waals surface area contributed by atoms with Crippen LogP contribution in [0.1, 0.15) is 0 Å². The lowest BCUT2D eigenvalue weighted by atomic mass is 10.6. The summed E-state index contributed by atoms with van der Waals surface area (Å²) < 4.78 is 6.57. The summed E-state index contributed by atoms with van der Waals surface area (Å²) in [6, 6.07) is 0. The molecule has 0 fully saturated rings. The molecule has 0 spiro atoms. The maximum Gasteiger partial charge on any atom is 0.211 e. The zero-order valence-corrected chi connectivity index (χ0v) is 6.86. The van der Waals surface area contributed by atoms with Crippen LogP contribution in [0.4, 0.5) is 5.69 Å². The fraction of sp³-hybridized carbons (Fsp3) is 0.429. The second kappa shape index (κ2) is 4.50. The first-order valence-corrected chi connectivity index (χ1v) is 3.58. The molecule has 0 bridgehead atoms. The molecule has 0 saturated carbocycles. The molecule has 66 valence electrons. The molecular weight excluding hydrogens is 158 g/mol. The number of nitrogens with zero attached hydrogens (tertiary/aromatic N) is 2. The lowest BCUT2D eigenvalue weighted by molar-refractivity contribution is -0.105. The standard InChI is InChI=1S/C7H11N3O2/c1-12-3-2-10-5-7(4-9-10)8-6-11/h4-6H,2-3H2,1H3,(H,8,11). The third-order valence-corrected chi connectivity index (χ3v) is 1.38. The summed E-state index contributed by atoms with van der Waals surface area (Å²) >= 11 is 0. The first kappa shape index (κ1) is 8.73. The number of amides is 1. The normalized spacial score (nSPS) is 9.75. The van der Waals surface area contributed by atoms with Crippen molar-refractivity contribution in [1.82, 2.24) is 9.78 Å². The molecule has 0 radical (unpaired) electrons. The maximum atomic E-state index is 10.0. The molecule has 0 aliphatic heterocycles. The molecule has 0 aliphatic rings. The minimum Gasteiger partial charge on any atom is -0.383 e. The van der Waals surface area contributed by atoms with Crippen LogP contribution in [0.25, 0.3) is 0 Å². The molecule has 12 heavy (non-hydrogen) atoms. The van der Waals surface area contributed by atoms with Gasteiger partial charge in [-0.15, -0.1) is 0 Å². The van der Waals surface area contributed by atoms with Crippen molar-refractivity contribution in [2.45, 2.75) is 6.54 Å². The van der Waals surface area contributed by atoms with E-state index in [-0.39, 0.29) is 0 Å². The van der Waals surface area contributed by atoms with Gasteiger partial charge in [0.05, 0.1) is 25.0 Å². The smallest absolute Gasteiger partial charge is 0.211 e. The van der Waals surface area contributed by atoms with Gasteiger partial charge in [0.25, 0.3) is 0 Å². The Kier molecular flexibility index (Phi) is 3.28. The van der Waals surface area contributed by atoms with Crippen molar-refractivity contribution in [3.63, 3.8) is 0 Å². The van der Waals surface area contributed by atoms with Gasteiger partial charge in [0.1, 0.15) is 0 Å². The molecule has 1 aromatic rings. The van der Waals surface area contributed by atoms with E-state index in [2.05, 4.69) is 10.4 Å². The highest BCUT2D eigenvalue weighted by molar-refractivity contribution is 5.69. The molecule has 0 aromatic carbocycles. The SMILES string of the molecule is COCCn1cc(NC=O)cn1. The third kappa shape index (κ3) is 2.35. The Labute approximate surface area is 70.3 Å². The van der Waals surface area contributed by atoms with E-state index in [0.29, 0.717) is 25.2 Å². The van der Waals surface area contributed by atoms with Crippen molar-refractivity contribution in [2.75, 3.05) is 19.0 Å². The predicted molar refractivity (Wildman–Crippen MR) is 43.8 cm³/mol. The van der Waals surface area contributed by atoms with Crippen LogP contribution in [0.3, 0.4) is 0 Å². The van der Waals surface area contributed by atoms with Crippen LogP contribution in [0, 0.1) is 0 Å². The number of nitrogens with one attached hydrogen (secondary N) is 1. The summed E-state index contributed by atoms with van der Waals surface area (Å²) in [6.45, 7) is 1.30. The Morgan fingerprint density at radius 2 is 2.67 bits per heavy atom. The van der Waals surface area contributed by atoms with E-state index in [1.165, 1.54) is 0 Å². The Balaban J connectivity index is 2.46. The van der Waals surface area contributed by atoms with Gasteiger partial charge < -0.3 is 10.1 Å². The van der Waals surface area contributed by atoms with E-state index in [1.807, 2.05) is 0 Å². The molecular formula is C7H11N3O2. The van der Waals surface area contributed by atoms with Crippen molar-refractivity contribution in [3.8, 4) is 0 Å². The van der Waals surface area contributed by atoms with E-state index in [0.717, 1.165) is 0 Å². The molecule has 0 saturated heterocycles. The topological polar surface area (TPSA) is 56.1 Å². The summed E-state index contributed by atoms with van der Waals surface area (Å²) in [5.41, 5.74) is 0.695. The summed E-state index contributed by atoms with van der Waals surface area (Å²) in [4.78, 5) is 10.0. The Bertz CT molecular complexity index is 247. The van der Waals surface area contributed by atoms with Gasteiger partial charge in [-0.3, -0.25) is 9.48 Å². The van der Waals surface area contributed by atoms with E-state index in [9.17, 15) is 4.79 Å². The number of hydrogen-bond acceptors (Lipinski definition) is 3. The van der Waals surface area contributed by atoms with Crippen molar-refractivity contribution >= 4 is 12.1 Å². The summed E-state index contributed by atoms with van der Waals surface area (Å²) in [5, 5.41) is 6.49. The summed E-state index contributed by atoms with van der Waals surface area (Å²) in [5.74, 6) is 0. The number of methoxy groups -OCH3 is 1. The highest BCUT2D eigenvalue weighted by atomic mass is 16.5. The van der Waals surface area contributed by atoms with E-state index in [1.54, 1.807) is 24.2 Å². The van der Waals surface area contributed by atoms with Crippen molar-refractivity contribution in [1.29, 1.82) is 0 Å². The predicted octanol–water partition coefficient (Wildman–Crippen LogP) is 0.0978. The van der Waals surface area contributed by atoms with Gasteiger partial charge in [0.15, 0.2) is 0 Å². The third-order valence-electron chi connectivity index (χ3n) is 1.38. The fourth-order valence-electron chi connectivity index (χ4n) is 0.813. The van der Waals surface area contributed by atoms with Gasteiger partial charge in [-0.1, -0.05) is 0 Å². The Morgan fingerprint density at radius 3 is 3.33 bits per heavy atom. The van der Waals surface area contributed by atoms with E-state index >= 15 is 0 Å². The number of anilines is 1. The summed E-state index contributed by atoms with van der Waals surface area (Å²) in [6.07, 6.45) is 3.95. The molecule has 1 rings (SSSR count).